The lowest BCUT2D eigenvalue weighted by Gasteiger charge is -2.35. The zero-order valence-electron chi connectivity index (χ0n) is 10.9. The molecule has 1 saturated heterocycles. The third kappa shape index (κ3) is 2.96. The van der Waals surface area contributed by atoms with Gasteiger partial charge in [0.1, 0.15) is 0 Å². The molecule has 0 aromatic heterocycles. The van der Waals surface area contributed by atoms with Crippen LogP contribution in [0.4, 0.5) is 0 Å². The second-order valence-corrected chi connectivity index (χ2v) is 5.62. The van der Waals surface area contributed by atoms with Crippen molar-refractivity contribution in [1.82, 2.24) is 10.2 Å². The lowest BCUT2D eigenvalue weighted by molar-refractivity contribution is 0.106. The average Bonchev–Trinajstić information content (AvgIpc) is 2.65. The van der Waals surface area contributed by atoms with Crippen molar-refractivity contribution < 1.29 is 4.74 Å². The van der Waals surface area contributed by atoms with Gasteiger partial charge in [-0.05, 0) is 46.7 Å². The van der Waals surface area contributed by atoms with E-state index in [1.54, 1.807) is 0 Å². The monoisotopic (exact) mass is 226 g/mol. The SMILES string of the molecule is CC1OCCC1NC1CCCC(N(C)C)C1. The van der Waals surface area contributed by atoms with Gasteiger partial charge in [-0.25, -0.2) is 0 Å². The quantitative estimate of drug-likeness (QED) is 0.791. The minimum atomic E-state index is 0.403. The minimum Gasteiger partial charge on any atom is -0.377 e. The lowest BCUT2D eigenvalue weighted by Crippen LogP contribution is -2.47. The van der Waals surface area contributed by atoms with Crippen molar-refractivity contribution in [2.45, 2.75) is 63.3 Å². The molecule has 16 heavy (non-hydrogen) atoms. The molecule has 0 aromatic rings. The molecule has 0 radical (unpaired) electrons. The molecule has 3 nitrogen and oxygen atoms in total. The van der Waals surface area contributed by atoms with Crippen molar-refractivity contribution in [3.8, 4) is 0 Å². The summed E-state index contributed by atoms with van der Waals surface area (Å²) in [5, 5.41) is 3.80. The van der Waals surface area contributed by atoms with E-state index < -0.39 is 0 Å². The zero-order valence-corrected chi connectivity index (χ0v) is 10.9. The van der Waals surface area contributed by atoms with Crippen molar-refractivity contribution in [2.75, 3.05) is 20.7 Å². The van der Waals surface area contributed by atoms with Crippen LogP contribution in [-0.2, 0) is 4.74 Å². The molecule has 1 aliphatic heterocycles. The Kier molecular flexibility index (Phi) is 4.22. The normalized spacial score (nSPS) is 40.5. The first-order valence-corrected chi connectivity index (χ1v) is 6.71. The van der Waals surface area contributed by atoms with Crippen molar-refractivity contribution in [2.24, 2.45) is 0 Å². The zero-order chi connectivity index (χ0) is 11.5. The Hall–Kier alpha value is -0.120. The fourth-order valence-electron chi connectivity index (χ4n) is 3.04. The fourth-order valence-corrected chi connectivity index (χ4v) is 3.04. The molecule has 2 aliphatic rings. The molecule has 1 N–H and O–H groups in total. The van der Waals surface area contributed by atoms with E-state index in [1.807, 2.05) is 0 Å². The smallest absolute Gasteiger partial charge is 0.0700 e. The largest absolute Gasteiger partial charge is 0.377 e. The highest BCUT2D eigenvalue weighted by Crippen LogP contribution is 2.23. The molecule has 4 atom stereocenters. The third-order valence-electron chi connectivity index (χ3n) is 4.20. The number of hydrogen-bond donors (Lipinski definition) is 1. The Labute approximate surface area is 99.5 Å². The highest BCUT2D eigenvalue weighted by Gasteiger charge is 2.29. The molecule has 1 aliphatic carbocycles. The van der Waals surface area contributed by atoms with Crippen LogP contribution >= 0.6 is 0 Å². The first-order chi connectivity index (χ1) is 7.66. The van der Waals surface area contributed by atoms with E-state index in [4.69, 9.17) is 4.74 Å². The van der Waals surface area contributed by atoms with Crippen LogP contribution in [0.15, 0.2) is 0 Å². The van der Waals surface area contributed by atoms with Crippen LogP contribution in [0.25, 0.3) is 0 Å². The van der Waals surface area contributed by atoms with Gasteiger partial charge in [-0.3, -0.25) is 0 Å². The van der Waals surface area contributed by atoms with Gasteiger partial charge in [-0.15, -0.1) is 0 Å². The van der Waals surface area contributed by atoms with Crippen LogP contribution in [-0.4, -0.2) is 49.8 Å². The number of nitrogens with zero attached hydrogens (tertiary/aromatic N) is 1. The summed E-state index contributed by atoms with van der Waals surface area (Å²) in [7, 11) is 4.41. The van der Waals surface area contributed by atoms with Gasteiger partial charge < -0.3 is 15.0 Å². The highest BCUT2D eigenvalue weighted by atomic mass is 16.5. The second-order valence-electron chi connectivity index (χ2n) is 5.62. The number of rotatable bonds is 3. The molecule has 94 valence electrons. The Bertz CT molecular complexity index is 220. The molecule has 0 spiro atoms. The molecule has 0 aromatic carbocycles. The molecule has 1 saturated carbocycles. The maximum absolute atomic E-state index is 5.61. The Morgan fingerprint density at radius 1 is 1.19 bits per heavy atom. The number of nitrogens with one attached hydrogen (secondary N) is 1. The molecular weight excluding hydrogens is 200 g/mol. The predicted molar refractivity (Wildman–Crippen MR) is 66.7 cm³/mol. The Balaban J connectivity index is 1.80. The summed E-state index contributed by atoms with van der Waals surface area (Å²) < 4.78 is 5.61. The van der Waals surface area contributed by atoms with Gasteiger partial charge in [0.2, 0.25) is 0 Å². The molecule has 0 amide bonds. The van der Waals surface area contributed by atoms with Gasteiger partial charge >= 0.3 is 0 Å². The van der Waals surface area contributed by atoms with E-state index in [0.717, 1.165) is 12.6 Å². The minimum absolute atomic E-state index is 0.403. The van der Waals surface area contributed by atoms with E-state index in [-0.39, 0.29) is 0 Å². The predicted octanol–water partition coefficient (Wildman–Crippen LogP) is 1.63. The van der Waals surface area contributed by atoms with Crippen LogP contribution in [0.5, 0.6) is 0 Å². The molecule has 1 heterocycles. The van der Waals surface area contributed by atoms with Crippen molar-refractivity contribution >= 4 is 0 Å². The van der Waals surface area contributed by atoms with E-state index in [9.17, 15) is 0 Å². The lowest BCUT2D eigenvalue weighted by atomic mass is 9.89. The van der Waals surface area contributed by atoms with Crippen LogP contribution < -0.4 is 5.32 Å². The summed E-state index contributed by atoms with van der Waals surface area (Å²) in [5.41, 5.74) is 0. The fraction of sp³-hybridized carbons (Fsp3) is 1.00. The van der Waals surface area contributed by atoms with Crippen molar-refractivity contribution in [3.05, 3.63) is 0 Å². The first-order valence-electron chi connectivity index (χ1n) is 6.71. The topological polar surface area (TPSA) is 24.5 Å². The first kappa shape index (κ1) is 12.3. The van der Waals surface area contributed by atoms with Crippen LogP contribution in [0.2, 0.25) is 0 Å². The van der Waals surface area contributed by atoms with Gasteiger partial charge in [0.05, 0.1) is 6.10 Å². The molecule has 2 rings (SSSR count). The number of ether oxygens (including phenoxy) is 1. The summed E-state index contributed by atoms with van der Waals surface area (Å²) in [6.07, 6.45) is 6.96. The second kappa shape index (κ2) is 5.48. The maximum atomic E-state index is 5.61. The standard InChI is InChI=1S/C13H26N2O/c1-10-13(7-8-16-10)14-11-5-4-6-12(9-11)15(2)3/h10-14H,4-9H2,1-3H3. The van der Waals surface area contributed by atoms with Gasteiger partial charge in [-0.2, -0.15) is 0 Å². The van der Waals surface area contributed by atoms with Crippen LogP contribution in [0.3, 0.4) is 0 Å². The van der Waals surface area contributed by atoms with Gasteiger partial charge in [-0.1, -0.05) is 6.42 Å². The van der Waals surface area contributed by atoms with Crippen molar-refractivity contribution in [3.63, 3.8) is 0 Å². The van der Waals surface area contributed by atoms with E-state index in [0.29, 0.717) is 18.2 Å². The third-order valence-corrected chi connectivity index (χ3v) is 4.20. The molecule has 0 bridgehead atoms. The highest BCUT2D eigenvalue weighted by molar-refractivity contribution is 4.87. The molecule has 3 heteroatoms. The molecule has 4 unspecified atom stereocenters. The summed E-state index contributed by atoms with van der Waals surface area (Å²) in [6.45, 7) is 3.12. The van der Waals surface area contributed by atoms with E-state index >= 15 is 0 Å². The van der Waals surface area contributed by atoms with Crippen LogP contribution in [0, 0.1) is 0 Å². The average molecular weight is 226 g/mol. The summed E-state index contributed by atoms with van der Waals surface area (Å²) in [6, 6.07) is 2.06. The summed E-state index contributed by atoms with van der Waals surface area (Å²) >= 11 is 0. The van der Waals surface area contributed by atoms with Gasteiger partial charge in [0.15, 0.2) is 0 Å². The number of hydrogen-bond acceptors (Lipinski definition) is 3. The molecule has 2 fully saturated rings. The van der Waals surface area contributed by atoms with E-state index in [2.05, 4.69) is 31.2 Å². The summed E-state index contributed by atoms with van der Waals surface area (Å²) in [5.74, 6) is 0. The van der Waals surface area contributed by atoms with E-state index in [1.165, 1.54) is 32.1 Å². The van der Waals surface area contributed by atoms with Gasteiger partial charge in [0, 0.05) is 24.7 Å². The summed E-state index contributed by atoms with van der Waals surface area (Å²) in [4.78, 5) is 2.38. The molecular formula is C13H26N2O. The van der Waals surface area contributed by atoms with Gasteiger partial charge in [0.25, 0.3) is 0 Å². The Morgan fingerprint density at radius 3 is 2.62 bits per heavy atom. The van der Waals surface area contributed by atoms with Crippen LogP contribution in [0.1, 0.15) is 39.0 Å². The Morgan fingerprint density at radius 2 is 2.00 bits per heavy atom. The van der Waals surface area contributed by atoms with Crippen molar-refractivity contribution in [1.29, 1.82) is 0 Å². The maximum Gasteiger partial charge on any atom is 0.0700 e.